The maximum Gasteiger partial charge on any atom is 0.256 e. The van der Waals surface area contributed by atoms with Gasteiger partial charge in [-0.25, -0.2) is 0 Å². The van der Waals surface area contributed by atoms with Gasteiger partial charge in [-0.05, 0) is 34.4 Å². The maximum absolute atomic E-state index is 13.3. The van der Waals surface area contributed by atoms with E-state index in [1.807, 2.05) is 97.9 Å². The van der Waals surface area contributed by atoms with Crippen molar-refractivity contribution in [2.24, 2.45) is 0 Å². The number of phenols is 1. The quantitative estimate of drug-likeness (QED) is 0.439. The second-order valence-corrected chi connectivity index (χ2v) is 7.08. The van der Waals surface area contributed by atoms with Crippen molar-refractivity contribution in [1.29, 1.82) is 0 Å². The Morgan fingerprint density at radius 2 is 1.52 bits per heavy atom. The molecule has 0 saturated heterocycles. The summed E-state index contributed by atoms with van der Waals surface area (Å²) in [6, 6.07) is 29.0. The first-order valence-corrected chi connectivity index (χ1v) is 9.85. The molecule has 0 bridgehead atoms. The van der Waals surface area contributed by atoms with Crippen LogP contribution in [0.15, 0.2) is 91.0 Å². The van der Waals surface area contributed by atoms with Crippen LogP contribution in [0.1, 0.15) is 35.3 Å². The molecule has 1 amide bonds. The van der Waals surface area contributed by atoms with Gasteiger partial charge in [-0.2, -0.15) is 0 Å². The lowest BCUT2D eigenvalue weighted by Crippen LogP contribution is -2.28. The Morgan fingerprint density at radius 3 is 2.21 bits per heavy atom. The number of rotatable bonds is 5. The minimum absolute atomic E-state index is 0.00955. The van der Waals surface area contributed by atoms with Gasteiger partial charge in [-0.1, -0.05) is 91.9 Å². The van der Waals surface area contributed by atoms with Crippen LogP contribution in [0.4, 0.5) is 0 Å². The normalized spacial score (nSPS) is 11.9. The minimum Gasteiger partial charge on any atom is -0.506 e. The topological polar surface area (TPSA) is 49.3 Å². The summed E-state index contributed by atoms with van der Waals surface area (Å²) in [4.78, 5) is 13.3. The van der Waals surface area contributed by atoms with E-state index in [4.69, 9.17) is 0 Å². The number of fused-ring (bicyclic) bond motifs is 1. The molecule has 2 N–H and O–H groups in total. The van der Waals surface area contributed by atoms with Crippen molar-refractivity contribution in [1.82, 2.24) is 5.32 Å². The Morgan fingerprint density at radius 1 is 0.897 bits per heavy atom. The van der Waals surface area contributed by atoms with Crippen molar-refractivity contribution in [3.05, 3.63) is 102 Å². The first-order chi connectivity index (χ1) is 14.2. The third kappa shape index (κ3) is 3.72. The molecule has 0 aromatic heterocycles. The zero-order valence-electron chi connectivity index (χ0n) is 16.3. The van der Waals surface area contributed by atoms with Gasteiger partial charge in [0.1, 0.15) is 5.75 Å². The first kappa shape index (κ1) is 18.8. The summed E-state index contributed by atoms with van der Waals surface area (Å²) in [5.41, 5.74) is 2.89. The smallest absolute Gasteiger partial charge is 0.256 e. The summed E-state index contributed by atoms with van der Waals surface area (Å²) in [5.74, 6) is -0.262. The molecule has 0 fully saturated rings. The van der Waals surface area contributed by atoms with E-state index in [9.17, 15) is 9.90 Å². The van der Waals surface area contributed by atoms with Gasteiger partial charge in [-0.3, -0.25) is 4.79 Å². The van der Waals surface area contributed by atoms with E-state index >= 15 is 0 Å². The fourth-order valence-corrected chi connectivity index (χ4v) is 3.74. The number of benzene rings is 4. The van der Waals surface area contributed by atoms with Gasteiger partial charge in [0.05, 0.1) is 11.6 Å². The van der Waals surface area contributed by atoms with Crippen molar-refractivity contribution >= 4 is 16.7 Å². The number of carbonyl (C=O) groups excluding carboxylic acids is 1. The van der Waals surface area contributed by atoms with E-state index in [0.717, 1.165) is 28.3 Å². The van der Waals surface area contributed by atoms with Crippen molar-refractivity contribution in [2.75, 3.05) is 0 Å². The van der Waals surface area contributed by atoms with Gasteiger partial charge >= 0.3 is 0 Å². The lowest BCUT2D eigenvalue weighted by atomic mass is 9.94. The molecule has 0 unspecified atom stereocenters. The highest BCUT2D eigenvalue weighted by molar-refractivity contribution is 6.12. The lowest BCUT2D eigenvalue weighted by molar-refractivity contribution is 0.0934. The Labute approximate surface area is 170 Å². The number of carbonyl (C=O) groups is 1. The lowest BCUT2D eigenvalue weighted by Gasteiger charge is -2.20. The molecule has 0 aliphatic rings. The van der Waals surface area contributed by atoms with Gasteiger partial charge in [0, 0.05) is 5.56 Å². The van der Waals surface area contributed by atoms with Gasteiger partial charge < -0.3 is 10.4 Å². The van der Waals surface area contributed by atoms with E-state index in [1.54, 1.807) is 0 Å². The van der Waals surface area contributed by atoms with Crippen LogP contribution >= 0.6 is 0 Å². The number of nitrogens with one attached hydrogen (secondary N) is 1. The summed E-state index contributed by atoms with van der Waals surface area (Å²) in [7, 11) is 0. The average molecular weight is 381 g/mol. The number of aromatic hydroxyl groups is 1. The second kappa shape index (κ2) is 8.19. The molecule has 0 saturated carbocycles. The van der Waals surface area contributed by atoms with Crippen LogP contribution in [0, 0.1) is 0 Å². The Kier molecular flexibility index (Phi) is 5.30. The number of amides is 1. The monoisotopic (exact) mass is 381 g/mol. The minimum atomic E-state index is -0.271. The second-order valence-electron chi connectivity index (χ2n) is 7.08. The molecule has 1 atom stereocenters. The number of hydrogen-bond donors (Lipinski definition) is 2. The molecule has 144 valence electrons. The zero-order valence-corrected chi connectivity index (χ0v) is 16.3. The van der Waals surface area contributed by atoms with E-state index in [0.29, 0.717) is 11.1 Å². The highest BCUT2D eigenvalue weighted by atomic mass is 16.3. The molecule has 3 heteroatoms. The van der Waals surface area contributed by atoms with Crippen LogP contribution in [0.2, 0.25) is 0 Å². The van der Waals surface area contributed by atoms with E-state index in [1.165, 1.54) is 0 Å². The van der Waals surface area contributed by atoms with Crippen molar-refractivity contribution in [3.63, 3.8) is 0 Å². The summed E-state index contributed by atoms with van der Waals surface area (Å²) in [5, 5.41) is 15.9. The van der Waals surface area contributed by atoms with Crippen LogP contribution < -0.4 is 5.32 Å². The van der Waals surface area contributed by atoms with E-state index in [2.05, 4.69) is 5.32 Å². The van der Waals surface area contributed by atoms with Crippen LogP contribution in [0.3, 0.4) is 0 Å². The fraction of sp³-hybridized carbons (Fsp3) is 0.115. The van der Waals surface area contributed by atoms with E-state index in [-0.39, 0.29) is 17.7 Å². The summed E-state index contributed by atoms with van der Waals surface area (Å²) in [6.07, 6.45) is 0.757. The van der Waals surface area contributed by atoms with E-state index < -0.39 is 0 Å². The number of hydrogen-bond acceptors (Lipinski definition) is 2. The summed E-state index contributed by atoms with van der Waals surface area (Å²) >= 11 is 0. The fourth-order valence-electron chi connectivity index (χ4n) is 3.74. The van der Waals surface area contributed by atoms with Gasteiger partial charge in [0.15, 0.2) is 0 Å². The Balaban J connectivity index is 1.82. The molecular weight excluding hydrogens is 358 g/mol. The maximum atomic E-state index is 13.3. The Hall–Kier alpha value is -3.59. The third-order valence-corrected chi connectivity index (χ3v) is 5.25. The highest BCUT2D eigenvalue weighted by Crippen LogP contribution is 2.38. The molecule has 29 heavy (non-hydrogen) atoms. The van der Waals surface area contributed by atoms with Gasteiger partial charge in [-0.15, -0.1) is 0 Å². The summed E-state index contributed by atoms with van der Waals surface area (Å²) < 4.78 is 0. The van der Waals surface area contributed by atoms with Crippen molar-refractivity contribution in [2.45, 2.75) is 19.4 Å². The molecule has 4 rings (SSSR count). The number of phenolic OH excluding ortho intramolecular Hbond substituents is 1. The van der Waals surface area contributed by atoms with Crippen LogP contribution in [0.5, 0.6) is 5.75 Å². The SMILES string of the molecule is CC[C@H](NC(=O)c1c(O)c(-c2ccccc2)cc2ccccc12)c1ccccc1. The predicted molar refractivity (Wildman–Crippen MR) is 118 cm³/mol. The molecule has 0 spiro atoms. The van der Waals surface area contributed by atoms with Crippen molar-refractivity contribution < 1.29 is 9.90 Å². The zero-order chi connectivity index (χ0) is 20.2. The standard InChI is InChI=1S/C26H23NO2/c1-2-23(19-13-7-4-8-14-19)27-26(29)24-21-16-10-9-15-20(21)17-22(25(24)28)18-11-5-3-6-12-18/h3-17,23,28H,2H2,1H3,(H,27,29)/t23-/m0/s1. The predicted octanol–water partition coefficient (Wildman–Crippen LogP) is 6.09. The van der Waals surface area contributed by atoms with Crippen molar-refractivity contribution in [3.8, 4) is 16.9 Å². The molecule has 4 aromatic rings. The molecular formula is C26H23NO2. The van der Waals surface area contributed by atoms with Gasteiger partial charge in [0.2, 0.25) is 0 Å². The molecule has 3 nitrogen and oxygen atoms in total. The highest BCUT2D eigenvalue weighted by Gasteiger charge is 2.22. The average Bonchev–Trinajstić information content (AvgIpc) is 2.78. The molecule has 0 aliphatic heterocycles. The van der Waals surface area contributed by atoms with Crippen LogP contribution in [-0.4, -0.2) is 11.0 Å². The van der Waals surface area contributed by atoms with Gasteiger partial charge in [0.25, 0.3) is 5.91 Å². The van der Waals surface area contributed by atoms with Crippen LogP contribution in [-0.2, 0) is 0 Å². The molecule has 0 radical (unpaired) electrons. The molecule has 0 heterocycles. The third-order valence-electron chi connectivity index (χ3n) is 5.25. The summed E-state index contributed by atoms with van der Waals surface area (Å²) in [6.45, 7) is 2.04. The largest absolute Gasteiger partial charge is 0.506 e. The molecule has 4 aromatic carbocycles. The Bertz CT molecular complexity index is 1140. The van der Waals surface area contributed by atoms with Crippen LogP contribution in [0.25, 0.3) is 21.9 Å². The molecule has 0 aliphatic carbocycles. The first-order valence-electron chi connectivity index (χ1n) is 9.85.